The normalized spacial score (nSPS) is 11.4. The van der Waals surface area contributed by atoms with Crippen LogP contribution in [-0.4, -0.2) is 105 Å². The Morgan fingerprint density at radius 2 is 1.26 bits per heavy atom. The number of rotatable bonds is 27. The molecule has 0 fully saturated rings. The predicted molar refractivity (Wildman–Crippen MR) is 185 cm³/mol. The molecular weight excluding hydrogens is 608 g/mol. The van der Waals surface area contributed by atoms with Crippen molar-refractivity contribution in [3.8, 4) is 0 Å². The van der Waals surface area contributed by atoms with Crippen LogP contribution in [0.3, 0.4) is 0 Å². The van der Waals surface area contributed by atoms with E-state index in [-0.39, 0.29) is 44.4 Å². The smallest absolute Gasteiger partial charge is 0.305 e. The lowest BCUT2D eigenvalue weighted by atomic mass is 10.1. The van der Waals surface area contributed by atoms with E-state index in [4.69, 9.17) is 10.8 Å². The highest BCUT2D eigenvalue weighted by Crippen LogP contribution is 2.08. The Kier molecular flexibility index (Phi) is 38.9. The summed E-state index contributed by atoms with van der Waals surface area (Å²) in [5.41, 5.74) is 5.89. The third-order valence-corrected chi connectivity index (χ3v) is 6.94. The molecule has 0 aliphatic heterocycles. The molecule has 9 N–H and O–H groups in total. The van der Waals surface area contributed by atoms with Crippen LogP contribution in [0.4, 0.5) is 0 Å². The number of esters is 1. The molecule has 47 heavy (non-hydrogen) atoms. The molecule has 0 saturated heterocycles. The fraction of sp³-hybridized carbons (Fsp3) is 0.848. The molecule has 14 heteroatoms. The third kappa shape index (κ3) is 35.9. The van der Waals surface area contributed by atoms with E-state index in [0.717, 1.165) is 20.0 Å². The van der Waals surface area contributed by atoms with E-state index in [2.05, 4.69) is 52.1 Å². The van der Waals surface area contributed by atoms with Gasteiger partial charge in [-0.1, -0.05) is 72.1 Å². The van der Waals surface area contributed by atoms with E-state index in [9.17, 15) is 29.1 Å². The van der Waals surface area contributed by atoms with Crippen LogP contribution >= 0.6 is 0 Å². The number of ether oxygens (including phenoxy) is 1. The van der Waals surface area contributed by atoms with Crippen molar-refractivity contribution >= 4 is 29.6 Å². The number of aliphatic hydroxyl groups excluding tert-OH is 2. The topological polar surface area (TPSA) is 221 Å². The van der Waals surface area contributed by atoms with Gasteiger partial charge in [-0.3, -0.25) is 24.0 Å². The minimum atomic E-state index is -0.782. The minimum Gasteiger partial charge on any atom is -0.469 e. The van der Waals surface area contributed by atoms with Gasteiger partial charge in [0.2, 0.25) is 23.6 Å². The van der Waals surface area contributed by atoms with Gasteiger partial charge in [0.25, 0.3) is 0 Å². The fourth-order valence-electron chi connectivity index (χ4n) is 3.89. The van der Waals surface area contributed by atoms with Gasteiger partial charge in [0.1, 0.15) is 0 Å². The Morgan fingerprint density at radius 1 is 0.660 bits per heavy atom. The first-order valence-electron chi connectivity index (χ1n) is 17.3. The standard InChI is InChI=1S/C28H54N6O7.C4H10.CH4O/c1-3-4-5-6-7-8-9-11-24(36)32-19-18-30-16-15-23(29)28(40)33-20-26(38)31-17-14-22(21-35)34-25(37)12-10-13-27(39)41-2;1-3-4-2;1-2/h22-23,30,35H,3-21,29H2,1-2H3,(H,31,38)(H,32,36)(H,33,40)(H,34,37);3-4H2,1-2H3;2H,1H3/t22-,23?;;/m1../s1. The zero-order valence-electron chi connectivity index (χ0n) is 29.9. The number of carbonyl (C=O) groups is 5. The van der Waals surface area contributed by atoms with Crippen LogP contribution in [0.1, 0.15) is 117 Å². The lowest BCUT2D eigenvalue weighted by Crippen LogP contribution is -2.46. The van der Waals surface area contributed by atoms with Crippen LogP contribution in [0, 0.1) is 0 Å². The van der Waals surface area contributed by atoms with E-state index in [1.165, 1.54) is 52.1 Å². The number of unbranched alkanes of at least 4 members (excludes halogenated alkanes) is 7. The summed E-state index contributed by atoms with van der Waals surface area (Å²) in [5, 5.41) is 30.2. The summed E-state index contributed by atoms with van der Waals surface area (Å²) in [4.78, 5) is 59.0. The van der Waals surface area contributed by atoms with Gasteiger partial charge in [-0.2, -0.15) is 0 Å². The molecule has 0 spiro atoms. The number of nitrogens with two attached hydrogens (primary N) is 1. The molecule has 1 unspecified atom stereocenters. The largest absolute Gasteiger partial charge is 0.469 e. The molecule has 0 aliphatic rings. The van der Waals surface area contributed by atoms with Crippen molar-refractivity contribution < 1.29 is 38.9 Å². The quantitative estimate of drug-likeness (QED) is 0.0462. The van der Waals surface area contributed by atoms with Crippen molar-refractivity contribution in [2.24, 2.45) is 5.73 Å². The maximum absolute atomic E-state index is 12.1. The number of nitrogens with one attached hydrogen (secondary N) is 5. The van der Waals surface area contributed by atoms with E-state index in [1.54, 1.807) is 0 Å². The number of methoxy groups -OCH3 is 1. The van der Waals surface area contributed by atoms with Gasteiger partial charge >= 0.3 is 5.97 Å². The predicted octanol–water partition coefficient (Wildman–Crippen LogP) is 1.41. The minimum absolute atomic E-state index is 0.0545. The molecule has 0 aromatic heterocycles. The lowest BCUT2D eigenvalue weighted by Gasteiger charge is -2.17. The van der Waals surface area contributed by atoms with Crippen molar-refractivity contribution in [2.75, 3.05) is 53.6 Å². The first-order valence-corrected chi connectivity index (χ1v) is 17.3. The van der Waals surface area contributed by atoms with Crippen molar-refractivity contribution in [1.82, 2.24) is 26.6 Å². The number of hydrogen-bond acceptors (Lipinski definition) is 10. The first kappa shape index (κ1) is 48.6. The molecule has 0 aromatic carbocycles. The maximum Gasteiger partial charge on any atom is 0.305 e. The van der Waals surface area contributed by atoms with Crippen LogP contribution in [0.25, 0.3) is 0 Å². The van der Waals surface area contributed by atoms with Crippen molar-refractivity contribution in [2.45, 2.75) is 129 Å². The van der Waals surface area contributed by atoms with Crippen molar-refractivity contribution in [3.05, 3.63) is 0 Å². The molecule has 0 bridgehead atoms. The van der Waals surface area contributed by atoms with Gasteiger partial charge in [-0.15, -0.1) is 0 Å². The highest BCUT2D eigenvalue weighted by Gasteiger charge is 2.15. The first-order chi connectivity index (χ1) is 22.6. The van der Waals surface area contributed by atoms with E-state index in [1.807, 2.05) is 0 Å². The zero-order chi connectivity index (χ0) is 36.1. The molecule has 0 heterocycles. The van der Waals surface area contributed by atoms with E-state index >= 15 is 0 Å². The summed E-state index contributed by atoms with van der Waals surface area (Å²) in [5.74, 6) is -1.51. The summed E-state index contributed by atoms with van der Waals surface area (Å²) >= 11 is 0. The Morgan fingerprint density at radius 3 is 1.85 bits per heavy atom. The molecule has 0 aromatic rings. The van der Waals surface area contributed by atoms with Crippen LogP contribution in [0.5, 0.6) is 0 Å². The number of amides is 4. The van der Waals surface area contributed by atoms with Gasteiger partial charge in [0.05, 0.1) is 32.3 Å². The lowest BCUT2D eigenvalue weighted by molar-refractivity contribution is -0.140. The van der Waals surface area contributed by atoms with Crippen LogP contribution in [0.15, 0.2) is 0 Å². The van der Waals surface area contributed by atoms with Crippen LogP contribution < -0.4 is 32.3 Å². The molecule has 0 aliphatic carbocycles. The maximum atomic E-state index is 12.1. The van der Waals surface area contributed by atoms with Crippen molar-refractivity contribution in [3.63, 3.8) is 0 Å². The summed E-state index contributed by atoms with van der Waals surface area (Å²) < 4.78 is 4.52. The number of hydrogen-bond donors (Lipinski definition) is 8. The summed E-state index contributed by atoms with van der Waals surface area (Å²) in [6, 6.07) is -1.33. The summed E-state index contributed by atoms with van der Waals surface area (Å²) in [6.45, 7) is 7.77. The molecule has 4 amide bonds. The monoisotopic (exact) mass is 677 g/mol. The van der Waals surface area contributed by atoms with E-state index < -0.39 is 29.9 Å². The van der Waals surface area contributed by atoms with Gasteiger partial charge in [0, 0.05) is 46.0 Å². The number of carbonyl (C=O) groups excluding carboxylic acids is 5. The Labute approximate surface area is 283 Å². The molecule has 0 radical (unpaired) electrons. The van der Waals surface area contributed by atoms with Gasteiger partial charge < -0.3 is 47.3 Å². The zero-order valence-corrected chi connectivity index (χ0v) is 29.9. The van der Waals surface area contributed by atoms with E-state index in [0.29, 0.717) is 45.3 Å². The van der Waals surface area contributed by atoms with Gasteiger partial charge in [-0.25, -0.2) is 0 Å². The Bertz CT molecular complexity index is 786. The highest BCUT2D eigenvalue weighted by molar-refractivity contribution is 5.87. The molecule has 278 valence electrons. The average molecular weight is 677 g/mol. The second-order valence-electron chi connectivity index (χ2n) is 11.1. The summed E-state index contributed by atoms with van der Waals surface area (Å²) in [6.07, 6.45) is 12.7. The Hall–Kier alpha value is -2.81. The number of aliphatic hydroxyl groups is 2. The molecule has 0 saturated carbocycles. The molecule has 2 atom stereocenters. The van der Waals surface area contributed by atoms with Gasteiger partial charge in [-0.05, 0) is 32.2 Å². The SMILES string of the molecule is CCCC.CCCCCCCCCC(=O)NCCNCCC(N)C(=O)NCC(=O)NCC[C@H](CO)NC(=O)CCCC(=O)OC.CO. The van der Waals surface area contributed by atoms with Crippen molar-refractivity contribution in [1.29, 1.82) is 0 Å². The average Bonchev–Trinajstić information content (AvgIpc) is 3.08. The Balaban J connectivity index is -0.00000297. The second-order valence-corrected chi connectivity index (χ2v) is 11.1. The summed E-state index contributed by atoms with van der Waals surface area (Å²) in [7, 11) is 2.28. The molecular formula is C33H68N6O8. The molecule has 14 nitrogen and oxygen atoms in total. The second kappa shape index (κ2) is 37.6. The third-order valence-electron chi connectivity index (χ3n) is 6.94. The van der Waals surface area contributed by atoms with Gasteiger partial charge in [0.15, 0.2) is 0 Å². The molecule has 0 rings (SSSR count). The highest BCUT2D eigenvalue weighted by atomic mass is 16.5. The van der Waals surface area contributed by atoms with Crippen LogP contribution in [0.2, 0.25) is 0 Å². The van der Waals surface area contributed by atoms with Crippen LogP contribution in [-0.2, 0) is 28.7 Å². The fourth-order valence-corrected chi connectivity index (χ4v) is 3.89.